The third-order valence-electron chi connectivity index (χ3n) is 3.32. The Hall–Kier alpha value is -2.42. The zero-order valence-electron chi connectivity index (χ0n) is 12.9. The van der Waals surface area contributed by atoms with Crippen LogP contribution in [0.1, 0.15) is 27.0 Å². The largest absolute Gasteiger partial charge is 0.416 e. The Bertz CT molecular complexity index is 745. The molecule has 0 saturated heterocycles. The molecule has 2 rings (SSSR count). The van der Waals surface area contributed by atoms with Crippen molar-refractivity contribution in [3.05, 3.63) is 70.5 Å². The van der Waals surface area contributed by atoms with Crippen LogP contribution >= 0.6 is 0 Å². The number of carbonyl (C=O) groups excluding carboxylic acids is 1. The van der Waals surface area contributed by atoms with E-state index in [-0.39, 0.29) is 17.2 Å². The van der Waals surface area contributed by atoms with E-state index >= 15 is 0 Å². The molecule has 0 spiro atoms. The maximum absolute atomic E-state index is 12.8. The van der Waals surface area contributed by atoms with Crippen LogP contribution in [0.25, 0.3) is 0 Å². The minimum atomic E-state index is -4.96. The van der Waals surface area contributed by atoms with Gasteiger partial charge in [-0.2, -0.15) is 26.3 Å². The Morgan fingerprint density at radius 3 is 1.81 bits per heavy atom. The molecule has 0 bridgehead atoms. The Balaban J connectivity index is 2.11. The van der Waals surface area contributed by atoms with Crippen LogP contribution in [0.5, 0.6) is 0 Å². The molecule has 26 heavy (non-hydrogen) atoms. The second-order valence-corrected chi connectivity index (χ2v) is 5.34. The highest BCUT2D eigenvalue weighted by molar-refractivity contribution is 5.97. The standard InChI is InChI=1S/C17H11F7O2/c18-14-3-1-11(2-4-14)15(25)9-26-8-10-5-12(16(19,20)21)7-13(6-10)17(22,23)24/h1-7H,8-9H2. The van der Waals surface area contributed by atoms with Crippen LogP contribution in [-0.2, 0) is 23.7 Å². The summed E-state index contributed by atoms with van der Waals surface area (Å²) in [5.41, 5.74) is -3.20. The molecule has 0 unspecified atom stereocenters. The molecular formula is C17H11F7O2. The van der Waals surface area contributed by atoms with Crippen molar-refractivity contribution in [2.45, 2.75) is 19.0 Å². The van der Waals surface area contributed by atoms with E-state index in [2.05, 4.69) is 0 Å². The number of alkyl halides is 6. The molecule has 0 aromatic heterocycles. The molecule has 2 aromatic carbocycles. The first-order valence-corrected chi connectivity index (χ1v) is 7.11. The van der Waals surface area contributed by atoms with Crippen LogP contribution in [0.3, 0.4) is 0 Å². The molecule has 0 aliphatic rings. The van der Waals surface area contributed by atoms with Gasteiger partial charge < -0.3 is 4.74 Å². The Morgan fingerprint density at radius 1 is 0.846 bits per heavy atom. The molecule has 9 heteroatoms. The molecule has 0 aliphatic carbocycles. The van der Waals surface area contributed by atoms with Crippen molar-refractivity contribution in [3.63, 3.8) is 0 Å². The molecular weight excluding hydrogens is 369 g/mol. The summed E-state index contributed by atoms with van der Waals surface area (Å²) in [6, 6.07) is 5.51. The van der Waals surface area contributed by atoms with E-state index in [0.717, 1.165) is 12.1 Å². The van der Waals surface area contributed by atoms with E-state index in [1.54, 1.807) is 0 Å². The number of hydrogen-bond donors (Lipinski definition) is 0. The van der Waals surface area contributed by atoms with Crippen molar-refractivity contribution in [2.75, 3.05) is 6.61 Å². The fourth-order valence-corrected chi connectivity index (χ4v) is 2.08. The minimum Gasteiger partial charge on any atom is -0.369 e. The van der Waals surface area contributed by atoms with Gasteiger partial charge in [-0.15, -0.1) is 0 Å². The van der Waals surface area contributed by atoms with E-state index < -0.39 is 48.3 Å². The molecule has 0 heterocycles. The highest BCUT2D eigenvalue weighted by Gasteiger charge is 2.36. The molecule has 140 valence electrons. The predicted octanol–water partition coefficient (Wildman–Crippen LogP) is 5.26. The van der Waals surface area contributed by atoms with E-state index in [0.29, 0.717) is 12.1 Å². The van der Waals surface area contributed by atoms with Crippen molar-refractivity contribution < 1.29 is 40.3 Å². The first kappa shape index (κ1) is 19.9. The molecule has 0 amide bonds. The summed E-state index contributed by atoms with van der Waals surface area (Å²) in [5, 5.41) is 0. The summed E-state index contributed by atoms with van der Waals surface area (Å²) in [5.74, 6) is -1.15. The third-order valence-corrected chi connectivity index (χ3v) is 3.32. The third kappa shape index (κ3) is 5.29. The highest BCUT2D eigenvalue weighted by atomic mass is 19.4. The summed E-state index contributed by atoms with van der Waals surface area (Å²) < 4.78 is 94.2. The molecule has 0 fully saturated rings. The number of hydrogen-bond acceptors (Lipinski definition) is 2. The second kappa shape index (κ2) is 7.45. The Labute approximate surface area is 143 Å². The van der Waals surface area contributed by atoms with Gasteiger partial charge in [-0.3, -0.25) is 4.79 Å². The molecule has 2 nitrogen and oxygen atoms in total. The van der Waals surface area contributed by atoms with Gasteiger partial charge >= 0.3 is 12.4 Å². The highest BCUT2D eigenvalue weighted by Crippen LogP contribution is 2.36. The average Bonchev–Trinajstić information content (AvgIpc) is 2.53. The fraction of sp³-hybridized carbons (Fsp3) is 0.235. The van der Waals surface area contributed by atoms with E-state index in [4.69, 9.17) is 4.74 Å². The topological polar surface area (TPSA) is 26.3 Å². The zero-order chi connectivity index (χ0) is 19.5. The summed E-state index contributed by atoms with van der Waals surface area (Å²) in [4.78, 5) is 11.8. The lowest BCUT2D eigenvalue weighted by molar-refractivity contribution is -0.143. The Kier molecular flexibility index (Phi) is 5.70. The van der Waals surface area contributed by atoms with Crippen molar-refractivity contribution >= 4 is 5.78 Å². The SMILES string of the molecule is O=C(COCc1cc(C(F)(F)F)cc(C(F)(F)F)c1)c1ccc(F)cc1. The van der Waals surface area contributed by atoms with Crippen LogP contribution in [0.2, 0.25) is 0 Å². The van der Waals surface area contributed by atoms with Crippen LogP contribution in [-0.4, -0.2) is 12.4 Å². The number of rotatable bonds is 5. The average molecular weight is 380 g/mol. The first-order chi connectivity index (χ1) is 12.0. The lowest BCUT2D eigenvalue weighted by Crippen LogP contribution is -2.13. The number of carbonyl (C=O) groups is 1. The quantitative estimate of drug-likeness (QED) is 0.522. The second-order valence-electron chi connectivity index (χ2n) is 5.34. The summed E-state index contributed by atoms with van der Waals surface area (Å²) >= 11 is 0. The monoisotopic (exact) mass is 380 g/mol. The predicted molar refractivity (Wildman–Crippen MR) is 76.8 cm³/mol. The van der Waals surface area contributed by atoms with Gasteiger partial charge in [-0.1, -0.05) is 0 Å². The van der Waals surface area contributed by atoms with Gasteiger partial charge in [-0.25, -0.2) is 4.39 Å². The van der Waals surface area contributed by atoms with Crippen LogP contribution in [0.15, 0.2) is 42.5 Å². The lowest BCUT2D eigenvalue weighted by atomic mass is 10.1. The molecule has 0 aliphatic heterocycles. The normalized spacial score (nSPS) is 12.3. The molecule has 2 aromatic rings. The zero-order valence-corrected chi connectivity index (χ0v) is 12.9. The summed E-state index contributed by atoms with van der Waals surface area (Å²) in [6.07, 6.45) is -9.92. The van der Waals surface area contributed by atoms with Gasteiger partial charge in [0, 0.05) is 5.56 Å². The number of benzene rings is 2. The number of halogens is 7. The number of ether oxygens (including phenoxy) is 1. The number of Topliss-reactive ketones (excluding diaryl/α,β-unsaturated/α-hetero) is 1. The van der Waals surface area contributed by atoms with Crippen molar-refractivity contribution in [1.29, 1.82) is 0 Å². The van der Waals surface area contributed by atoms with E-state index in [1.165, 1.54) is 12.1 Å². The summed E-state index contributed by atoms with van der Waals surface area (Å²) in [6.45, 7) is -1.21. The van der Waals surface area contributed by atoms with Gasteiger partial charge in [0.05, 0.1) is 17.7 Å². The molecule has 0 N–H and O–H groups in total. The lowest BCUT2D eigenvalue weighted by Gasteiger charge is -2.14. The first-order valence-electron chi connectivity index (χ1n) is 7.11. The van der Waals surface area contributed by atoms with Crippen LogP contribution in [0, 0.1) is 5.82 Å². The van der Waals surface area contributed by atoms with Gasteiger partial charge in [-0.05, 0) is 48.0 Å². The maximum Gasteiger partial charge on any atom is 0.416 e. The molecule has 0 saturated carbocycles. The van der Waals surface area contributed by atoms with Crippen molar-refractivity contribution in [2.24, 2.45) is 0 Å². The van der Waals surface area contributed by atoms with Crippen molar-refractivity contribution in [3.8, 4) is 0 Å². The van der Waals surface area contributed by atoms with Crippen LogP contribution in [0.4, 0.5) is 30.7 Å². The van der Waals surface area contributed by atoms with E-state index in [1.807, 2.05) is 0 Å². The maximum atomic E-state index is 12.8. The smallest absolute Gasteiger partial charge is 0.369 e. The molecule has 0 radical (unpaired) electrons. The van der Waals surface area contributed by atoms with Crippen LogP contribution < -0.4 is 0 Å². The number of ketones is 1. The van der Waals surface area contributed by atoms with Crippen molar-refractivity contribution in [1.82, 2.24) is 0 Å². The summed E-state index contributed by atoms with van der Waals surface area (Å²) in [7, 11) is 0. The van der Waals surface area contributed by atoms with E-state index in [9.17, 15) is 35.5 Å². The van der Waals surface area contributed by atoms with Gasteiger partial charge in [0.15, 0.2) is 5.78 Å². The van der Waals surface area contributed by atoms with Gasteiger partial charge in [0.25, 0.3) is 0 Å². The van der Waals surface area contributed by atoms with Gasteiger partial charge in [0.2, 0.25) is 0 Å². The molecule has 0 atom stereocenters. The fourth-order valence-electron chi connectivity index (χ4n) is 2.08. The van der Waals surface area contributed by atoms with Gasteiger partial charge in [0.1, 0.15) is 12.4 Å². The minimum absolute atomic E-state index is 0.00711. The Morgan fingerprint density at radius 2 is 1.35 bits per heavy atom.